The summed E-state index contributed by atoms with van der Waals surface area (Å²) in [7, 11) is 0. The molecule has 2 amide bonds. The molecule has 0 fully saturated rings. The number of carbonyl (C=O) groups is 2. The molecule has 0 unspecified atom stereocenters. The zero-order valence-electron chi connectivity index (χ0n) is 11.6. The normalized spacial score (nSPS) is 16.4. The number of rotatable bonds is 4. The van der Waals surface area contributed by atoms with Crippen molar-refractivity contribution in [1.29, 1.82) is 0 Å². The highest BCUT2D eigenvalue weighted by atomic mass is 16.2. The molecule has 1 aliphatic rings. The number of hydrogen-bond acceptors (Lipinski definition) is 7. The first-order chi connectivity index (χ1) is 10.7. The van der Waals surface area contributed by atoms with Crippen LogP contribution in [0.5, 0.6) is 0 Å². The molecule has 10 heteroatoms. The number of nitrogens with two attached hydrogens (primary N) is 1. The molecular weight excluding hydrogens is 288 g/mol. The van der Waals surface area contributed by atoms with Gasteiger partial charge in [0.1, 0.15) is 11.9 Å². The standard InChI is InChI=1S/C12H14N8O2/c13-5-10(21)20-8(4-7-2-1-3-14-11(7)20)12(22)15-6-9-16-18-19-17-9/h1-3,8H,4-6,13H2,(H,15,22)(H,16,17,18,19)/t8-/m0/s1. The van der Waals surface area contributed by atoms with Crippen LogP contribution in [0.4, 0.5) is 5.82 Å². The molecule has 114 valence electrons. The molecule has 3 rings (SSSR count). The lowest BCUT2D eigenvalue weighted by atomic mass is 10.1. The van der Waals surface area contributed by atoms with Gasteiger partial charge in [-0.1, -0.05) is 11.3 Å². The molecule has 0 saturated heterocycles. The summed E-state index contributed by atoms with van der Waals surface area (Å²) in [6, 6.07) is 2.93. The maximum Gasteiger partial charge on any atom is 0.243 e. The molecule has 0 saturated carbocycles. The van der Waals surface area contributed by atoms with Crippen molar-refractivity contribution in [2.75, 3.05) is 11.4 Å². The first kappa shape index (κ1) is 14.1. The number of nitrogens with zero attached hydrogens (tertiary/aromatic N) is 5. The monoisotopic (exact) mass is 302 g/mol. The number of hydrogen-bond donors (Lipinski definition) is 3. The van der Waals surface area contributed by atoms with Gasteiger partial charge in [-0.3, -0.25) is 14.5 Å². The molecule has 22 heavy (non-hydrogen) atoms. The van der Waals surface area contributed by atoms with Gasteiger partial charge in [0.15, 0.2) is 5.82 Å². The lowest BCUT2D eigenvalue weighted by Gasteiger charge is -2.23. The number of fused-ring (bicyclic) bond motifs is 1. The molecule has 3 heterocycles. The number of carbonyl (C=O) groups excluding carboxylic acids is 2. The molecule has 2 aromatic heterocycles. The van der Waals surface area contributed by atoms with Crippen LogP contribution in [0.2, 0.25) is 0 Å². The van der Waals surface area contributed by atoms with Crippen molar-refractivity contribution < 1.29 is 9.59 Å². The predicted molar refractivity (Wildman–Crippen MR) is 74.3 cm³/mol. The number of H-pyrrole nitrogens is 1. The number of amides is 2. The van der Waals surface area contributed by atoms with Crippen LogP contribution < -0.4 is 16.0 Å². The quantitative estimate of drug-likeness (QED) is 0.600. The lowest BCUT2D eigenvalue weighted by Crippen LogP contribution is -2.50. The summed E-state index contributed by atoms with van der Waals surface area (Å²) in [6.07, 6.45) is 1.97. The molecular formula is C12H14N8O2. The molecule has 10 nitrogen and oxygen atoms in total. The van der Waals surface area contributed by atoms with Gasteiger partial charge in [-0.05, 0) is 11.6 Å². The summed E-state index contributed by atoms with van der Waals surface area (Å²) in [4.78, 5) is 30.0. The fourth-order valence-electron chi connectivity index (χ4n) is 2.40. The van der Waals surface area contributed by atoms with E-state index in [0.717, 1.165) is 5.56 Å². The molecule has 4 N–H and O–H groups in total. The van der Waals surface area contributed by atoms with Crippen molar-refractivity contribution in [2.24, 2.45) is 5.73 Å². The van der Waals surface area contributed by atoms with E-state index >= 15 is 0 Å². The van der Waals surface area contributed by atoms with E-state index < -0.39 is 6.04 Å². The molecule has 0 aliphatic carbocycles. The Hall–Kier alpha value is -2.88. The predicted octanol–water partition coefficient (Wildman–Crippen LogP) is -1.87. The third-order valence-corrected chi connectivity index (χ3v) is 3.38. The van der Waals surface area contributed by atoms with E-state index in [1.807, 2.05) is 6.07 Å². The van der Waals surface area contributed by atoms with Crippen molar-refractivity contribution >= 4 is 17.6 Å². The van der Waals surface area contributed by atoms with Crippen LogP contribution in [-0.2, 0) is 22.6 Å². The zero-order chi connectivity index (χ0) is 15.5. The van der Waals surface area contributed by atoms with Gasteiger partial charge >= 0.3 is 0 Å². The minimum Gasteiger partial charge on any atom is -0.347 e. The molecule has 1 atom stereocenters. The number of aromatic amines is 1. The largest absolute Gasteiger partial charge is 0.347 e. The second-order valence-electron chi connectivity index (χ2n) is 4.72. The number of pyridine rings is 1. The molecule has 0 bridgehead atoms. The van der Waals surface area contributed by atoms with E-state index in [4.69, 9.17) is 5.73 Å². The van der Waals surface area contributed by atoms with Gasteiger partial charge in [0, 0.05) is 12.6 Å². The highest BCUT2D eigenvalue weighted by Crippen LogP contribution is 2.29. The molecule has 2 aromatic rings. The second-order valence-corrected chi connectivity index (χ2v) is 4.72. The van der Waals surface area contributed by atoms with E-state index in [9.17, 15) is 9.59 Å². The number of nitrogens with one attached hydrogen (secondary N) is 2. The van der Waals surface area contributed by atoms with E-state index in [2.05, 4.69) is 30.9 Å². The summed E-state index contributed by atoms with van der Waals surface area (Å²) in [5, 5.41) is 15.9. The van der Waals surface area contributed by atoms with Gasteiger partial charge in [0.05, 0.1) is 13.1 Å². The van der Waals surface area contributed by atoms with Crippen LogP contribution in [0.1, 0.15) is 11.4 Å². The Morgan fingerprint density at radius 3 is 3.09 bits per heavy atom. The summed E-state index contributed by atoms with van der Waals surface area (Å²) >= 11 is 0. The van der Waals surface area contributed by atoms with Crippen molar-refractivity contribution in [2.45, 2.75) is 19.0 Å². The topological polar surface area (TPSA) is 143 Å². The summed E-state index contributed by atoms with van der Waals surface area (Å²) in [6.45, 7) is -0.0646. The second kappa shape index (κ2) is 5.85. The van der Waals surface area contributed by atoms with Gasteiger partial charge in [0.25, 0.3) is 0 Å². The average Bonchev–Trinajstić information content (AvgIpc) is 3.19. The highest BCUT2D eigenvalue weighted by Gasteiger charge is 2.38. The summed E-state index contributed by atoms with van der Waals surface area (Å²) in [5.41, 5.74) is 6.28. The van der Waals surface area contributed by atoms with E-state index in [-0.39, 0.29) is 24.9 Å². The zero-order valence-corrected chi connectivity index (χ0v) is 11.6. The minimum atomic E-state index is -0.673. The third kappa shape index (κ3) is 2.51. The fourth-order valence-corrected chi connectivity index (χ4v) is 2.40. The van der Waals surface area contributed by atoms with E-state index in [0.29, 0.717) is 18.1 Å². The van der Waals surface area contributed by atoms with Crippen molar-refractivity contribution in [1.82, 2.24) is 30.9 Å². The van der Waals surface area contributed by atoms with Crippen LogP contribution in [0, 0.1) is 0 Å². The Morgan fingerprint density at radius 1 is 1.50 bits per heavy atom. The number of anilines is 1. The molecule has 0 radical (unpaired) electrons. The Kier molecular flexibility index (Phi) is 3.74. The van der Waals surface area contributed by atoms with Crippen molar-refractivity contribution in [3.05, 3.63) is 29.7 Å². The average molecular weight is 302 g/mol. The Balaban J connectivity index is 1.77. The number of aromatic nitrogens is 5. The summed E-state index contributed by atoms with van der Waals surface area (Å²) in [5.74, 6) is 0.179. The summed E-state index contributed by atoms with van der Waals surface area (Å²) < 4.78 is 0. The minimum absolute atomic E-state index is 0.125. The fraction of sp³-hybridized carbons (Fsp3) is 0.333. The van der Waals surface area contributed by atoms with Crippen LogP contribution in [-0.4, -0.2) is 50.0 Å². The van der Waals surface area contributed by atoms with E-state index in [1.165, 1.54) is 4.90 Å². The number of tetrazole rings is 1. The Morgan fingerprint density at radius 2 is 2.36 bits per heavy atom. The first-order valence-corrected chi connectivity index (χ1v) is 6.66. The van der Waals surface area contributed by atoms with Crippen molar-refractivity contribution in [3.63, 3.8) is 0 Å². The van der Waals surface area contributed by atoms with Crippen molar-refractivity contribution in [3.8, 4) is 0 Å². The van der Waals surface area contributed by atoms with Crippen LogP contribution in [0.3, 0.4) is 0 Å². The maximum atomic E-state index is 12.4. The third-order valence-electron chi connectivity index (χ3n) is 3.38. The lowest BCUT2D eigenvalue weighted by molar-refractivity contribution is -0.125. The molecule has 1 aliphatic heterocycles. The van der Waals surface area contributed by atoms with Crippen LogP contribution >= 0.6 is 0 Å². The smallest absolute Gasteiger partial charge is 0.243 e. The molecule has 0 spiro atoms. The van der Waals surface area contributed by atoms with Gasteiger partial charge < -0.3 is 11.1 Å². The first-order valence-electron chi connectivity index (χ1n) is 6.66. The van der Waals surface area contributed by atoms with Gasteiger partial charge in [-0.25, -0.2) is 4.98 Å². The molecule has 0 aromatic carbocycles. The van der Waals surface area contributed by atoms with E-state index in [1.54, 1.807) is 12.3 Å². The maximum absolute atomic E-state index is 12.4. The van der Waals surface area contributed by atoms with Gasteiger partial charge in [0.2, 0.25) is 11.8 Å². The van der Waals surface area contributed by atoms with Gasteiger partial charge in [-0.2, -0.15) is 5.21 Å². The van der Waals surface area contributed by atoms with Crippen LogP contribution in [0.15, 0.2) is 18.3 Å². The van der Waals surface area contributed by atoms with Crippen LogP contribution in [0.25, 0.3) is 0 Å². The highest BCUT2D eigenvalue weighted by molar-refractivity contribution is 6.03. The Labute approximate surface area is 125 Å². The van der Waals surface area contributed by atoms with Gasteiger partial charge in [-0.15, -0.1) is 10.2 Å². The Bertz CT molecular complexity index is 686. The SMILES string of the molecule is NCC(=O)N1c2ncccc2C[C@H]1C(=O)NCc1nn[nH]n1.